The van der Waals surface area contributed by atoms with E-state index in [9.17, 15) is 4.79 Å². The maximum Gasteiger partial charge on any atom is 0.227 e. The van der Waals surface area contributed by atoms with Crippen molar-refractivity contribution in [1.29, 1.82) is 0 Å². The van der Waals surface area contributed by atoms with Crippen LogP contribution in [0.1, 0.15) is 38.1 Å². The van der Waals surface area contributed by atoms with Crippen molar-refractivity contribution in [3.63, 3.8) is 0 Å². The maximum atomic E-state index is 12.7. The van der Waals surface area contributed by atoms with Gasteiger partial charge in [-0.2, -0.15) is 0 Å². The molecular weight excluding hydrogens is 326 g/mol. The molecule has 1 saturated heterocycles. The number of para-hydroxylation sites is 2. The zero-order valence-electron chi connectivity index (χ0n) is 15.3. The number of carbonyl (C=O) groups excluding carboxylic acids is 1. The summed E-state index contributed by atoms with van der Waals surface area (Å²) in [5.74, 6) is 2.03. The highest BCUT2D eigenvalue weighted by molar-refractivity contribution is 5.96. The number of benzene rings is 2. The highest BCUT2D eigenvalue weighted by atomic mass is 16.5. The van der Waals surface area contributed by atoms with Crippen LogP contribution < -0.4 is 9.64 Å². The molecule has 1 atom stereocenters. The average Bonchev–Trinajstić information content (AvgIpc) is 3.22. The molecule has 2 aromatic carbocycles. The number of amides is 1. The zero-order valence-corrected chi connectivity index (χ0v) is 15.3. The summed E-state index contributed by atoms with van der Waals surface area (Å²) in [5, 5.41) is 0. The molecule has 3 aromatic rings. The first kappa shape index (κ1) is 16.6. The second-order valence-electron chi connectivity index (χ2n) is 7.03. The third kappa shape index (κ3) is 2.73. The summed E-state index contributed by atoms with van der Waals surface area (Å²) in [4.78, 5) is 19.4. The predicted octanol–water partition coefficient (Wildman–Crippen LogP) is 4.15. The van der Waals surface area contributed by atoms with E-state index >= 15 is 0 Å². The Morgan fingerprint density at radius 2 is 1.85 bits per heavy atom. The minimum Gasteiger partial charge on any atom is -0.497 e. The van der Waals surface area contributed by atoms with Gasteiger partial charge in [0.25, 0.3) is 0 Å². The van der Waals surface area contributed by atoms with Gasteiger partial charge in [-0.3, -0.25) is 4.79 Å². The lowest BCUT2D eigenvalue weighted by molar-refractivity contribution is -0.117. The summed E-state index contributed by atoms with van der Waals surface area (Å²) in [6, 6.07) is 16.1. The van der Waals surface area contributed by atoms with Gasteiger partial charge < -0.3 is 14.2 Å². The fraction of sp³-hybridized carbons (Fsp3) is 0.333. The number of fused-ring (bicyclic) bond motifs is 1. The van der Waals surface area contributed by atoms with Gasteiger partial charge in [0.05, 0.1) is 18.1 Å². The van der Waals surface area contributed by atoms with Gasteiger partial charge in [-0.05, 0) is 50.2 Å². The van der Waals surface area contributed by atoms with Crippen LogP contribution in [0.3, 0.4) is 0 Å². The average molecular weight is 349 g/mol. The molecule has 1 aliphatic heterocycles. The molecule has 1 aliphatic rings. The Kier molecular flexibility index (Phi) is 4.15. The maximum absolute atomic E-state index is 12.7. The molecular formula is C21H23N3O2. The van der Waals surface area contributed by atoms with Gasteiger partial charge in [-0.25, -0.2) is 4.98 Å². The molecule has 5 nitrogen and oxygen atoms in total. The number of hydrogen-bond acceptors (Lipinski definition) is 3. The van der Waals surface area contributed by atoms with Crippen LogP contribution in [0.15, 0.2) is 48.5 Å². The lowest BCUT2D eigenvalue weighted by Crippen LogP contribution is -2.24. The van der Waals surface area contributed by atoms with E-state index in [0.29, 0.717) is 19.0 Å². The summed E-state index contributed by atoms with van der Waals surface area (Å²) in [6.07, 6.45) is 0.488. The van der Waals surface area contributed by atoms with Crippen LogP contribution in [-0.2, 0) is 4.79 Å². The van der Waals surface area contributed by atoms with Gasteiger partial charge in [-0.1, -0.05) is 12.1 Å². The number of nitrogens with zero attached hydrogens (tertiary/aromatic N) is 3. The minimum atomic E-state index is 0.0967. The molecule has 134 valence electrons. The first-order chi connectivity index (χ1) is 12.6. The summed E-state index contributed by atoms with van der Waals surface area (Å²) in [7, 11) is 1.64. The lowest BCUT2D eigenvalue weighted by atomic mass is 10.1. The van der Waals surface area contributed by atoms with E-state index in [1.807, 2.05) is 47.4 Å². The van der Waals surface area contributed by atoms with Crippen LogP contribution in [0.4, 0.5) is 5.69 Å². The predicted molar refractivity (Wildman–Crippen MR) is 103 cm³/mol. The summed E-state index contributed by atoms with van der Waals surface area (Å²) >= 11 is 0. The van der Waals surface area contributed by atoms with Gasteiger partial charge in [0.2, 0.25) is 5.91 Å². The normalized spacial score (nSPS) is 17.5. The van der Waals surface area contributed by atoms with Crippen molar-refractivity contribution in [3.8, 4) is 5.75 Å². The fourth-order valence-corrected chi connectivity index (χ4v) is 3.79. The second kappa shape index (κ2) is 6.48. The molecule has 5 heteroatoms. The monoisotopic (exact) mass is 349 g/mol. The molecule has 1 aromatic heterocycles. The smallest absolute Gasteiger partial charge is 0.227 e. The van der Waals surface area contributed by atoms with Crippen molar-refractivity contribution in [3.05, 3.63) is 54.4 Å². The molecule has 0 aliphatic carbocycles. The van der Waals surface area contributed by atoms with Crippen LogP contribution in [0, 0.1) is 0 Å². The van der Waals surface area contributed by atoms with Gasteiger partial charge in [0.1, 0.15) is 11.6 Å². The number of hydrogen-bond donors (Lipinski definition) is 0. The quantitative estimate of drug-likeness (QED) is 0.711. The molecule has 1 fully saturated rings. The van der Waals surface area contributed by atoms with Gasteiger partial charge in [-0.15, -0.1) is 0 Å². The molecule has 0 radical (unpaired) electrons. The van der Waals surface area contributed by atoms with Gasteiger partial charge >= 0.3 is 0 Å². The largest absolute Gasteiger partial charge is 0.497 e. The zero-order chi connectivity index (χ0) is 18.3. The molecule has 2 heterocycles. The molecule has 0 bridgehead atoms. The fourth-order valence-electron chi connectivity index (χ4n) is 3.79. The Bertz CT molecular complexity index is 944. The standard InChI is InChI=1S/C21H23N3O2/c1-14(2)24-19-7-5-4-6-18(19)22-21(24)15-12-20(25)23(13-15)16-8-10-17(26-3)11-9-16/h4-11,14-15H,12-13H2,1-3H3. The third-order valence-electron chi connectivity index (χ3n) is 5.01. The Hall–Kier alpha value is -2.82. The topological polar surface area (TPSA) is 47.4 Å². The highest BCUT2D eigenvalue weighted by Gasteiger charge is 2.35. The summed E-state index contributed by atoms with van der Waals surface area (Å²) in [5.41, 5.74) is 3.03. The van der Waals surface area contributed by atoms with Crippen molar-refractivity contribution in [2.75, 3.05) is 18.6 Å². The molecule has 1 unspecified atom stereocenters. The van der Waals surface area contributed by atoms with Gasteiger partial charge in [0, 0.05) is 30.6 Å². The lowest BCUT2D eigenvalue weighted by Gasteiger charge is -2.19. The van der Waals surface area contributed by atoms with Crippen LogP contribution >= 0.6 is 0 Å². The first-order valence-electron chi connectivity index (χ1n) is 8.99. The van der Waals surface area contributed by atoms with E-state index in [-0.39, 0.29) is 11.8 Å². The van der Waals surface area contributed by atoms with E-state index in [1.54, 1.807) is 7.11 Å². The van der Waals surface area contributed by atoms with Crippen molar-refractivity contribution in [1.82, 2.24) is 9.55 Å². The molecule has 0 saturated carbocycles. The molecule has 26 heavy (non-hydrogen) atoms. The number of methoxy groups -OCH3 is 1. The number of aromatic nitrogens is 2. The number of rotatable bonds is 4. The summed E-state index contributed by atoms with van der Waals surface area (Å²) < 4.78 is 7.48. The SMILES string of the molecule is COc1ccc(N2CC(c3nc4ccccc4n3C(C)C)CC2=O)cc1. The number of imidazole rings is 1. The van der Waals surface area contributed by atoms with E-state index in [4.69, 9.17) is 9.72 Å². The molecule has 0 spiro atoms. The van der Waals surface area contributed by atoms with E-state index < -0.39 is 0 Å². The van der Waals surface area contributed by atoms with Crippen molar-refractivity contribution in [2.24, 2.45) is 0 Å². The van der Waals surface area contributed by atoms with Crippen LogP contribution in [0.25, 0.3) is 11.0 Å². The number of anilines is 1. The molecule has 0 N–H and O–H groups in total. The highest BCUT2D eigenvalue weighted by Crippen LogP contribution is 2.35. The van der Waals surface area contributed by atoms with E-state index in [2.05, 4.69) is 24.5 Å². The number of carbonyl (C=O) groups is 1. The summed E-state index contributed by atoms with van der Waals surface area (Å²) in [6.45, 7) is 4.98. The van der Waals surface area contributed by atoms with Crippen molar-refractivity contribution >= 4 is 22.6 Å². The van der Waals surface area contributed by atoms with E-state index in [0.717, 1.165) is 28.3 Å². The van der Waals surface area contributed by atoms with Crippen LogP contribution in [0.5, 0.6) is 5.75 Å². The van der Waals surface area contributed by atoms with Crippen LogP contribution in [-0.4, -0.2) is 29.1 Å². The first-order valence-corrected chi connectivity index (χ1v) is 8.99. The third-order valence-corrected chi connectivity index (χ3v) is 5.01. The number of ether oxygens (including phenoxy) is 1. The van der Waals surface area contributed by atoms with Crippen LogP contribution in [0.2, 0.25) is 0 Å². The Balaban J connectivity index is 1.68. The van der Waals surface area contributed by atoms with Crippen molar-refractivity contribution in [2.45, 2.75) is 32.2 Å². The Labute approximate surface area is 153 Å². The van der Waals surface area contributed by atoms with E-state index in [1.165, 1.54) is 0 Å². The van der Waals surface area contributed by atoms with Gasteiger partial charge in [0.15, 0.2) is 0 Å². The molecule has 4 rings (SSSR count). The van der Waals surface area contributed by atoms with Crippen molar-refractivity contribution < 1.29 is 9.53 Å². The second-order valence-corrected chi connectivity index (χ2v) is 7.03. The molecule has 1 amide bonds. The Morgan fingerprint density at radius 1 is 1.12 bits per heavy atom. The Morgan fingerprint density at radius 3 is 2.54 bits per heavy atom. The minimum absolute atomic E-state index is 0.0967.